The Kier molecular flexibility index (Phi) is 7.78. The van der Waals surface area contributed by atoms with Crippen LogP contribution in [0.4, 0.5) is 5.69 Å². The van der Waals surface area contributed by atoms with E-state index in [1.165, 1.54) is 25.3 Å². The van der Waals surface area contributed by atoms with Gasteiger partial charge in [-0.1, -0.05) is 19.1 Å². The highest BCUT2D eigenvalue weighted by Crippen LogP contribution is 2.27. The molecule has 3 rings (SSSR count). The number of hydrogen-bond acceptors (Lipinski definition) is 6. The van der Waals surface area contributed by atoms with E-state index in [1.807, 2.05) is 44.1 Å². The van der Waals surface area contributed by atoms with Crippen molar-refractivity contribution in [1.29, 1.82) is 0 Å². The minimum atomic E-state index is -3.99. The monoisotopic (exact) mass is 471 g/mol. The third-order valence-corrected chi connectivity index (χ3v) is 6.68. The van der Waals surface area contributed by atoms with Crippen molar-refractivity contribution < 1.29 is 22.4 Å². The van der Waals surface area contributed by atoms with Crippen molar-refractivity contribution in [2.45, 2.75) is 24.3 Å². The summed E-state index contributed by atoms with van der Waals surface area (Å²) in [7, 11) is 1.16. The lowest BCUT2D eigenvalue weighted by molar-refractivity contribution is 0.0938. The lowest BCUT2D eigenvalue weighted by atomic mass is 10.1. The molecule has 0 aliphatic heterocycles. The Morgan fingerprint density at radius 1 is 1.12 bits per heavy atom. The Labute approximate surface area is 194 Å². The molecule has 2 aromatic carbocycles. The van der Waals surface area contributed by atoms with Gasteiger partial charge in [-0.05, 0) is 68.5 Å². The predicted octanol–water partition coefficient (Wildman–Crippen LogP) is 3.68. The molecule has 0 spiro atoms. The standard InChI is InChI=1S/C24H29N3O5S/c1-5-17-8-11-19(12-9-17)26-33(29,30)23-15-18(10-13-22(23)31-4)24(28)25-16-20(27(2)3)21-7-6-14-32-21/h6-15,20,26H,5,16H2,1-4H3,(H,25,28). The average Bonchev–Trinajstić information content (AvgIpc) is 3.33. The van der Waals surface area contributed by atoms with Gasteiger partial charge < -0.3 is 14.5 Å². The third kappa shape index (κ3) is 5.94. The van der Waals surface area contributed by atoms with Gasteiger partial charge in [0.05, 0.1) is 19.4 Å². The van der Waals surface area contributed by atoms with E-state index in [-0.39, 0.29) is 28.8 Å². The number of benzene rings is 2. The molecule has 1 unspecified atom stereocenters. The van der Waals surface area contributed by atoms with E-state index in [0.29, 0.717) is 5.69 Å². The molecule has 176 valence electrons. The molecule has 3 aromatic rings. The van der Waals surface area contributed by atoms with Gasteiger partial charge in [-0.25, -0.2) is 8.42 Å². The molecule has 8 nitrogen and oxygen atoms in total. The zero-order valence-corrected chi connectivity index (χ0v) is 20.0. The first-order chi connectivity index (χ1) is 15.7. The number of ether oxygens (including phenoxy) is 1. The number of carbonyl (C=O) groups excluding carboxylic acids is 1. The zero-order chi connectivity index (χ0) is 24.0. The number of aryl methyl sites for hydroxylation is 1. The molecule has 1 aromatic heterocycles. The second-order valence-corrected chi connectivity index (χ2v) is 9.38. The molecular weight excluding hydrogens is 442 g/mol. The molecular formula is C24H29N3O5S. The summed E-state index contributed by atoms with van der Waals surface area (Å²) in [4.78, 5) is 14.6. The van der Waals surface area contributed by atoms with E-state index in [4.69, 9.17) is 9.15 Å². The minimum absolute atomic E-state index is 0.118. The average molecular weight is 472 g/mol. The summed E-state index contributed by atoms with van der Waals surface area (Å²) in [6.07, 6.45) is 2.43. The SMILES string of the molecule is CCc1ccc(NS(=O)(=O)c2cc(C(=O)NCC(c3ccco3)N(C)C)ccc2OC)cc1. The van der Waals surface area contributed by atoms with E-state index in [1.54, 1.807) is 24.5 Å². The number of sulfonamides is 1. The molecule has 0 saturated heterocycles. The highest BCUT2D eigenvalue weighted by Gasteiger charge is 2.23. The van der Waals surface area contributed by atoms with E-state index < -0.39 is 15.9 Å². The van der Waals surface area contributed by atoms with Crippen LogP contribution >= 0.6 is 0 Å². The summed E-state index contributed by atoms with van der Waals surface area (Å²) < 4.78 is 39.4. The number of furan rings is 1. The Hall–Kier alpha value is -3.30. The fourth-order valence-electron chi connectivity index (χ4n) is 3.36. The van der Waals surface area contributed by atoms with Crippen LogP contribution in [0.3, 0.4) is 0 Å². The van der Waals surface area contributed by atoms with Crippen LogP contribution in [0.25, 0.3) is 0 Å². The third-order valence-electron chi connectivity index (χ3n) is 5.28. The van der Waals surface area contributed by atoms with Gasteiger partial charge in [0.1, 0.15) is 16.4 Å². The molecule has 1 amide bonds. The topological polar surface area (TPSA) is 101 Å². The van der Waals surface area contributed by atoms with E-state index in [9.17, 15) is 13.2 Å². The Bertz CT molecular complexity index is 1170. The van der Waals surface area contributed by atoms with Crippen molar-refractivity contribution in [3.8, 4) is 5.75 Å². The van der Waals surface area contributed by atoms with Crippen molar-refractivity contribution in [3.63, 3.8) is 0 Å². The van der Waals surface area contributed by atoms with Gasteiger partial charge in [-0.15, -0.1) is 0 Å². The minimum Gasteiger partial charge on any atom is -0.495 e. The number of nitrogens with zero attached hydrogens (tertiary/aromatic N) is 1. The number of nitrogens with one attached hydrogen (secondary N) is 2. The summed E-state index contributed by atoms with van der Waals surface area (Å²) in [5.41, 5.74) is 1.73. The summed E-state index contributed by atoms with van der Waals surface area (Å²) in [5, 5.41) is 2.85. The van der Waals surface area contributed by atoms with Crippen LogP contribution in [0.15, 0.2) is 70.2 Å². The Balaban J connectivity index is 1.81. The first-order valence-corrected chi connectivity index (χ1v) is 12.0. The first-order valence-electron chi connectivity index (χ1n) is 10.5. The number of hydrogen-bond donors (Lipinski definition) is 2. The first kappa shape index (κ1) is 24.3. The van der Waals surface area contributed by atoms with E-state index >= 15 is 0 Å². The quantitative estimate of drug-likeness (QED) is 0.468. The number of methoxy groups -OCH3 is 1. The molecule has 2 N–H and O–H groups in total. The second-order valence-electron chi connectivity index (χ2n) is 7.73. The number of carbonyl (C=O) groups is 1. The smallest absolute Gasteiger partial charge is 0.265 e. The van der Waals surface area contributed by atoms with Crippen LogP contribution < -0.4 is 14.8 Å². The maximum absolute atomic E-state index is 13.1. The zero-order valence-electron chi connectivity index (χ0n) is 19.2. The van der Waals surface area contributed by atoms with Crippen molar-refractivity contribution in [1.82, 2.24) is 10.2 Å². The van der Waals surface area contributed by atoms with Crippen molar-refractivity contribution in [2.24, 2.45) is 0 Å². The van der Waals surface area contributed by atoms with Gasteiger partial charge in [0.15, 0.2) is 0 Å². The molecule has 33 heavy (non-hydrogen) atoms. The fourth-order valence-corrected chi connectivity index (χ4v) is 4.61. The van der Waals surface area contributed by atoms with Crippen LogP contribution in [0, 0.1) is 0 Å². The maximum Gasteiger partial charge on any atom is 0.265 e. The summed E-state index contributed by atoms with van der Waals surface area (Å²) in [5.74, 6) is 0.461. The number of likely N-dealkylation sites (N-methyl/N-ethyl adjacent to an activating group) is 1. The summed E-state index contributed by atoms with van der Waals surface area (Å²) >= 11 is 0. The second kappa shape index (κ2) is 10.5. The lowest BCUT2D eigenvalue weighted by Gasteiger charge is -2.22. The summed E-state index contributed by atoms with van der Waals surface area (Å²) in [6.45, 7) is 2.31. The van der Waals surface area contributed by atoms with Crippen molar-refractivity contribution in [2.75, 3.05) is 32.5 Å². The van der Waals surface area contributed by atoms with Crippen LogP contribution in [0.5, 0.6) is 5.75 Å². The predicted molar refractivity (Wildman–Crippen MR) is 127 cm³/mol. The molecule has 0 fully saturated rings. The maximum atomic E-state index is 13.1. The Morgan fingerprint density at radius 3 is 2.42 bits per heavy atom. The van der Waals surface area contributed by atoms with Crippen LogP contribution in [-0.4, -0.2) is 47.0 Å². The van der Waals surface area contributed by atoms with Crippen molar-refractivity contribution >= 4 is 21.6 Å². The molecule has 0 aliphatic carbocycles. The molecule has 1 heterocycles. The van der Waals surface area contributed by atoms with E-state index in [2.05, 4.69) is 10.0 Å². The van der Waals surface area contributed by atoms with Gasteiger partial charge in [0, 0.05) is 17.8 Å². The lowest BCUT2D eigenvalue weighted by Crippen LogP contribution is -2.34. The molecule has 0 saturated carbocycles. The molecule has 0 aliphatic rings. The van der Waals surface area contributed by atoms with Gasteiger partial charge in [0.25, 0.3) is 15.9 Å². The molecule has 9 heteroatoms. The molecule has 1 atom stereocenters. The number of amides is 1. The van der Waals surface area contributed by atoms with Gasteiger partial charge in [-0.2, -0.15) is 0 Å². The number of anilines is 1. The fraction of sp³-hybridized carbons (Fsp3) is 0.292. The van der Waals surface area contributed by atoms with Crippen LogP contribution in [0.1, 0.15) is 34.6 Å². The number of rotatable bonds is 10. The van der Waals surface area contributed by atoms with Crippen LogP contribution in [-0.2, 0) is 16.4 Å². The largest absolute Gasteiger partial charge is 0.495 e. The van der Waals surface area contributed by atoms with Gasteiger partial charge in [-0.3, -0.25) is 14.4 Å². The summed E-state index contributed by atoms with van der Waals surface area (Å²) in [6, 6.07) is 14.9. The highest BCUT2D eigenvalue weighted by molar-refractivity contribution is 7.92. The Morgan fingerprint density at radius 2 is 1.85 bits per heavy atom. The van der Waals surface area contributed by atoms with E-state index in [0.717, 1.165) is 17.7 Å². The van der Waals surface area contributed by atoms with Gasteiger partial charge in [0.2, 0.25) is 0 Å². The van der Waals surface area contributed by atoms with Crippen LogP contribution in [0.2, 0.25) is 0 Å². The van der Waals surface area contributed by atoms with Gasteiger partial charge >= 0.3 is 0 Å². The van der Waals surface area contributed by atoms with Crippen molar-refractivity contribution in [3.05, 3.63) is 77.7 Å². The highest BCUT2D eigenvalue weighted by atomic mass is 32.2. The normalized spacial score (nSPS) is 12.4. The molecule has 0 bridgehead atoms. The molecule has 0 radical (unpaired) electrons.